The second-order valence-electron chi connectivity index (χ2n) is 6.36. The minimum Gasteiger partial charge on any atom is -0.506 e. The average molecular weight is 356 g/mol. The van der Waals surface area contributed by atoms with Crippen LogP contribution in [0.4, 0.5) is 10.1 Å². The molecule has 2 aliphatic rings. The number of carbonyl (C=O) groups is 2. The Morgan fingerprint density at radius 1 is 1.38 bits per heavy atom. The summed E-state index contributed by atoms with van der Waals surface area (Å²) in [5.41, 5.74) is 0.911. The standard InChI is InChI=1S/C18H17FN4O3/c1-2-15(25)21-8-11(9-21)23-10-20-16-13(23)6-7-22(18(16)26)17-12(19)4-3-5-14(17)24/h2-5,10-11,24H,1,6-9H2. The van der Waals surface area contributed by atoms with Crippen molar-refractivity contribution >= 4 is 17.5 Å². The molecule has 0 bridgehead atoms. The van der Waals surface area contributed by atoms with Crippen LogP contribution in [-0.4, -0.2) is 51.0 Å². The Kier molecular flexibility index (Phi) is 3.75. The monoisotopic (exact) mass is 356 g/mol. The van der Waals surface area contributed by atoms with Gasteiger partial charge in [0.05, 0.1) is 18.1 Å². The first-order valence-corrected chi connectivity index (χ1v) is 8.27. The van der Waals surface area contributed by atoms with E-state index in [1.165, 1.54) is 29.2 Å². The van der Waals surface area contributed by atoms with Gasteiger partial charge in [0.2, 0.25) is 5.91 Å². The number of aromatic hydroxyl groups is 1. The van der Waals surface area contributed by atoms with E-state index in [1.54, 1.807) is 11.2 Å². The molecule has 0 unspecified atom stereocenters. The van der Waals surface area contributed by atoms with E-state index in [0.717, 1.165) is 5.69 Å². The molecule has 2 amide bonds. The second kappa shape index (κ2) is 5.98. The van der Waals surface area contributed by atoms with Crippen LogP contribution in [0.2, 0.25) is 0 Å². The van der Waals surface area contributed by atoms with Crippen molar-refractivity contribution in [3.05, 3.63) is 54.4 Å². The number of hydrogen-bond donors (Lipinski definition) is 1. The zero-order chi connectivity index (χ0) is 18.4. The molecule has 8 heteroatoms. The SMILES string of the molecule is C=CC(=O)N1CC(n2cnc3c2CCN(c2c(O)cccc2F)C3=O)C1. The van der Waals surface area contributed by atoms with Crippen molar-refractivity contribution in [2.45, 2.75) is 12.5 Å². The zero-order valence-corrected chi connectivity index (χ0v) is 13.9. The number of nitrogens with zero attached hydrogens (tertiary/aromatic N) is 4. The van der Waals surface area contributed by atoms with Crippen LogP contribution in [-0.2, 0) is 11.2 Å². The molecule has 0 radical (unpaired) electrons. The van der Waals surface area contributed by atoms with Gasteiger partial charge in [0.15, 0.2) is 5.82 Å². The van der Waals surface area contributed by atoms with Gasteiger partial charge >= 0.3 is 0 Å². The van der Waals surface area contributed by atoms with Gasteiger partial charge in [-0.3, -0.25) is 9.59 Å². The summed E-state index contributed by atoms with van der Waals surface area (Å²) in [4.78, 5) is 31.4. The number of halogens is 1. The fraction of sp³-hybridized carbons (Fsp3) is 0.278. The maximum atomic E-state index is 14.1. The fourth-order valence-electron chi connectivity index (χ4n) is 3.50. The molecule has 134 valence electrons. The van der Waals surface area contributed by atoms with Gasteiger partial charge in [-0.2, -0.15) is 0 Å². The predicted octanol–water partition coefficient (Wildman–Crippen LogP) is 1.50. The molecule has 2 aliphatic heterocycles. The van der Waals surface area contributed by atoms with E-state index in [2.05, 4.69) is 11.6 Å². The highest BCUT2D eigenvalue weighted by Crippen LogP contribution is 2.34. The molecule has 26 heavy (non-hydrogen) atoms. The van der Waals surface area contributed by atoms with Crippen LogP contribution in [0.1, 0.15) is 22.2 Å². The summed E-state index contributed by atoms with van der Waals surface area (Å²) in [7, 11) is 0. The molecule has 1 N–H and O–H groups in total. The summed E-state index contributed by atoms with van der Waals surface area (Å²) in [5, 5.41) is 9.95. The molecule has 0 atom stereocenters. The number of anilines is 1. The summed E-state index contributed by atoms with van der Waals surface area (Å²) in [6.07, 6.45) is 3.36. The fourth-order valence-corrected chi connectivity index (χ4v) is 3.50. The smallest absolute Gasteiger partial charge is 0.278 e. The van der Waals surface area contributed by atoms with E-state index in [1.807, 2.05) is 4.57 Å². The Bertz CT molecular complexity index is 897. The number of aromatic nitrogens is 2. The summed E-state index contributed by atoms with van der Waals surface area (Å²) in [6, 6.07) is 4.00. The van der Waals surface area contributed by atoms with Crippen LogP contribution in [0.25, 0.3) is 0 Å². The zero-order valence-electron chi connectivity index (χ0n) is 13.9. The number of imidazole rings is 1. The molecule has 1 aromatic heterocycles. The Labute approximate surface area is 149 Å². The number of benzene rings is 1. The van der Waals surface area contributed by atoms with Gasteiger partial charge in [0.1, 0.15) is 17.1 Å². The largest absolute Gasteiger partial charge is 0.506 e. The molecule has 0 aliphatic carbocycles. The highest BCUT2D eigenvalue weighted by Gasteiger charge is 2.37. The van der Waals surface area contributed by atoms with Crippen LogP contribution in [0.15, 0.2) is 37.2 Å². The molecule has 1 fully saturated rings. The third-order valence-electron chi connectivity index (χ3n) is 4.89. The second-order valence-corrected chi connectivity index (χ2v) is 6.36. The van der Waals surface area contributed by atoms with Crippen molar-refractivity contribution in [2.24, 2.45) is 0 Å². The number of phenols is 1. The lowest BCUT2D eigenvalue weighted by atomic mass is 10.1. The van der Waals surface area contributed by atoms with E-state index >= 15 is 0 Å². The molecule has 0 saturated carbocycles. The predicted molar refractivity (Wildman–Crippen MR) is 91.5 cm³/mol. The average Bonchev–Trinajstić information content (AvgIpc) is 2.99. The first-order valence-electron chi connectivity index (χ1n) is 8.27. The van der Waals surface area contributed by atoms with E-state index in [9.17, 15) is 19.1 Å². The van der Waals surface area contributed by atoms with Gasteiger partial charge in [0.25, 0.3) is 5.91 Å². The molecule has 0 spiro atoms. The maximum Gasteiger partial charge on any atom is 0.278 e. The van der Waals surface area contributed by atoms with Gasteiger partial charge < -0.3 is 19.5 Å². The third kappa shape index (κ3) is 2.37. The molecule has 1 aromatic carbocycles. The number of carbonyl (C=O) groups excluding carboxylic acids is 2. The number of para-hydroxylation sites is 1. The Morgan fingerprint density at radius 2 is 2.15 bits per heavy atom. The summed E-state index contributed by atoms with van der Waals surface area (Å²) >= 11 is 0. The Balaban J connectivity index is 1.59. The van der Waals surface area contributed by atoms with Gasteiger partial charge in [-0.05, 0) is 18.2 Å². The van der Waals surface area contributed by atoms with E-state index in [4.69, 9.17) is 0 Å². The Morgan fingerprint density at radius 3 is 2.85 bits per heavy atom. The van der Waals surface area contributed by atoms with Crippen LogP contribution >= 0.6 is 0 Å². The molecule has 2 aromatic rings. The number of likely N-dealkylation sites (tertiary alicyclic amines) is 1. The highest BCUT2D eigenvalue weighted by atomic mass is 19.1. The molecule has 3 heterocycles. The van der Waals surface area contributed by atoms with E-state index in [0.29, 0.717) is 19.5 Å². The number of fused-ring (bicyclic) bond motifs is 1. The molecule has 4 rings (SSSR count). The number of rotatable bonds is 3. The van der Waals surface area contributed by atoms with Crippen molar-refractivity contribution in [1.29, 1.82) is 0 Å². The number of amides is 2. The molecule has 1 saturated heterocycles. The van der Waals surface area contributed by atoms with E-state index < -0.39 is 11.7 Å². The first-order chi connectivity index (χ1) is 12.5. The summed E-state index contributed by atoms with van der Waals surface area (Å²) in [5.74, 6) is -1.49. The molecular formula is C18H17FN4O3. The minimum atomic E-state index is -0.654. The van der Waals surface area contributed by atoms with Crippen molar-refractivity contribution < 1.29 is 19.1 Å². The number of phenolic OH excluding ortho intramolecular Hbond substituents is 1. The van der Waals surface area contributed by atoms with Crippen molar-refractivity contribution in [1.82, 2.24) is 14.5 Å². The Hall–Kier alpha value is -3.16. The molecule has 7 nitrogen and oxygen atoms in total. The van der Waals surface area contributed by atoms with Crippen molar-refractivity contribution in [2.75, 3.05) is 24.5 Å². The van der Waals surface area contributed by atoms with Crippen LogP contribution in [0, 0.1) is 5.82 Å². The van der Waals surface area contributed by atoms with Crippen LogP contribution in [0.3, 0.4) is 0 Å². The lowest BCUT2D eigenvalue weighted by molar-refractivity contribution is -0.131. The summed E-state index contributed by atoms with van der Waals surface area (Å²) < 4.78 is 16.0. The van der Waals surface area contributed by atoms with Gasteiger partial charge in [-0.15, -0.1) is 0 Å². The third-order valence-corrected chi connectivity index (χ3v) is 4.89. The van der Waals surface area contributed by atoms with Crippen LogP contribution in [0.5, 0.6) is 5.75 Å². The number of hydrogen-bond acceptors (Lipinski definition) is 4. The summed E-state index contributed by atoms with van der Waals surface area (Å²) in [6.45, 7) is 4.80. The van der Waals surface area contributed by atoms with Gasteiger partial charge in [-0.1, -0.05) is 12.6 Å². The lowest BCUT2D eigenvalue weighted by Crippen LogP contribution is -2.50. The van der Waals surface area contributed by atoms with Gasteiger partial charge in [0, 0.05) is 26.1 Å². The minimum absolute atomic E-state index is 0.0661. The topological polar surface area (TPSA) is 78.7 Å². The highest BCUT2D eigenvalue weighted by molar-refractivity contribution is 6.07. The maximum absolute atomic E-state index is 14.1. The molecular weight excluding hydrogens is 339 g/mol. The lowest BCUT2D eigenvalue weighted by Gasteiger charge is -2.40. The van der Waals surface area contributed by atoms with Crippen molar-refractivity contribution in [3.63, 3.8) is 0 Å². The quantitative estimate of drug-likeness (QED) is 0.846. The van der Waals surface area contributed by atoms with E-state index in [-0.39, 0.29) is 35.6 Å². The van der Waals surface area contributed by atoms with Gasteiger partial charge in [-0.25, -0.2) is 9.37 Å². The normalized spacial score (nSPS) is 17.0. The van der Waals surface area contributed by atoms with Crippen molar-refractivity contribution in [3.8, 4) is 5.75 Å². The van der Waals surface area contributed by atoms with Crippen LogP contribution < -0.4 is 4.90 Å². The first kappa shape index (κ1) is 16.3.